The Balaban J connectivity index is 2.34. The van der Waals surface area contributed by atoms with Crippen LogP contribution in [0.3, 0.4) is 0 Å². The summed E-state index contributed by atoms with van der Waals surface area (Å²) in [5, 5.41) is -0.600. The molecular weight excluding hydrogens is 335 g/mol. The van der Waals surface area contributed by atoms with Gasteiger partial charge in [-0.15, -0.1) is 0 Å². The average Bonchev–Trinajstić information content (AvgIpc) is 2.09. The van der Waals surface area contributed by atoms with E-state index in [1.165, 1.54) is 18.2 Å². The van der Waals surface area contributed by atoms with Crippen LogP contribution >= 0.6 is 22.3 Å². The van der Waals surface area contributed by atoms with Gasteiger partial charge in [0, 0.05) is 10.7 Å². The molecule has 1 aromatic rings. The number of ether oxygens (including phenoxy) is 1. The molecule has 0 aliphatic carbocycles. The van der Waals surface area contributed by atoms with Crippen LogP contribution in [0.1, 0.15) is 5.56 Å². The molecule has 2 rings (SSSR count). The van der Waals surface area contributed by atoms with E-state index in [-0.39, 0.29) is 23.1 Å². The van der Waals surface area contributed by atoms with Crippen LogP contribution in [-0.4, -0.2) is 35.3 Å². The predicted octanol–water partition coefficient (Wildman–Crippen LogP) is 1.58. The summed E-state index contributed by atoms with van der Waals surface area (Å²) in [7, 11) is -2.11. The largest absolute Gasteiger partial charge is 0.379 e. The molecule has 1 aromatic carbocycles. The van der Waals surface area contributed by atoms with Crippen molar-refractivity contribution >= 4 is 41.2 Å². The maximum absolute atomic E-state index is 12.1. The van der Waals surface area contributed by atoms with E-state index in [0.29, 0.717) is 5.56 Å². The fourth-order valence-electron chi connectivity index (χ4n) is 1.64. The van der Waals surface area contributed by atoms with Crippen LogP contribution in [0.4, 0.5) is 0 Å². The van der Waals surface area contributed by atoms with Gasteiger partial charge in [-0.3, -0.25) is 0 Å². The zero-order valence-electron chi connectivity index (χ0n) is 9.54. The second kappa shape index (κ2) is 5.21. The van der Waals surface area contributed by atoms with Crippen LogP contribution in [-0.2, 0) is 29.4 Å². The van der Waals surface area contributed by atoms with E-state index in [9.17, 15) is 16.8 Å². The quantitative estimate of drug-likeness (QED) is 0.775. The summed E-state index contributed by atoms with van der Waals surface area (Å²) in [4.78, 5) is -0.0156. The second-order valence-corrected chi connectivity index (χ2v) is 9.53. The Labute approximate surface area is 120 Å². The number of benzene rings is 1. The molecule has 0 amide bonds. The van der Waals surface area contributed by atoms with Gasteiger partial charge in [0.1, 0.15) is 5.25 Å². The third kappa shape index (κ3) is 3.41. The van der Waals surface area contributed by atoms with Gasteiger partial charge in [-0.25, -0.2) is 16.8 Å². The van der Waals surface area contributed by atoms with Crippen molar-refractivity contribution in [2.75, 3.05) is 13.2 Å². The lowest BCUT2D eigenvalue weighted by atomic mass is 10.2. The van der Waals surface area contributed by atoms with Crippen LogP contribution in [0.5, 0.6) is 0 Å². The molecule has 0 aromatic heterocycles. The first-order chi connectivity index (χ1) is 8.70. The van der Waals surface area contributed by atoms with Gasteiger partial charge in [0.15, 0.2) is 9.84 Å². The van der Waals surface area contributed by atoms with Crippen LogP contribution < -0.4 is 0 Å². The lowest BCUT2D eigenvalue weighted by Crippen LogP contribution is -2.40. The van der Waals surface area contributed by atoms with E-state index in [1.54, 1.807) is 0 Å². The van der Waals surface area contributed by atoms with E-state index >= 15 is 0 Å². The third-order valence-corrected chi connectivity index (χ3v) is 6.24. The first-order valence-corrected chi connectivity index (χ1v) is 9.63. The van der Waals surface area contributed by atoms with Crippen molar-refractivity contribution in [2.45, 2.75) is 15.9 Å². The first-order valence-electron chi connectivity index (χ1n) is 5.22. The Morgan fingerprint density at radius 2 is 1.84 bits per heavy atom. The standard InChI is InChI=1S/C10H10Cl2O5S2/c11-9-3-7(6-18(12,13)14)1-2-10(9)19(15,16)8-4-17-5-8/h1-3,8H,4-6H2. The maximum atomic E-state index is 12.1. The molecular formula is C10H10Cl2O5S2. The number of hydrogen-bond donors (Lipinski definition) is 0. The Kier molecular flexibility index (Phi) is 4.13. The summed E-state index contributed by atoms with van der Waals surface area (Å²) in [5.74, 6) is -0.402. The van der Waals surface area contributed by atoms with Crippen molar-refractivity contribution in [1.82, 2.24) is 0 Å². The van der Waals surface area contributed by atoms with Gasteiger partial charge in [-0.2, -0.15) is 0 Å². The number of halogens is 2. The second-order valence-electron chi connectivity index (χ2n) is 4.15. The summed E-state index contributed by atoms with van der Waals surface area (Å²) in [6.45, 7) is 0.299. The molecule has 0 unspecified atom stereocenters. The Morgan fingerprint density at radius 3 is 2.26 bits per heavy atom. The number of sulfone groups is 1. The van der Waals surface area contributed by atoms with Gasteiger partial charge in [0.05, 0.1) is 28.9 Å². The molecule has 0 radical (unpaired) electrons. The van der Waals surface area contributed by atoms with E-state index in [2.05, 4.69) is 0 Å². The number of hydrogen-bond acceptors (Lipinski definition) is 5. The number of rotatable bonds is 4. The summed E-state index contributed by atoms with van der Waals surface area (Å²) >= 11 is 5.91. The molecule has 0 N–H and O–H groups in total. The third-order valence-electron chi connectivity index (χ3n) is 2.69. The highest BCUT2D eigenvalue weighted by Gasteiger charge is 2.35. The van der Waals surface area contributed by atoms with Crippen LogP contribution in [0.15, 0.2) is 23.1 Å². The van der Waals surface area contributed by atoms with E-state index in [4.69, 9.17) is 27.0 Å². The topological polar surface area (TPSA) is 77.5 Å². The highest BCUT2D eigenvalue weighted by Crippen LogP contribution is 2.29. The molecule has 0 spiro atoms. The van der Waals surface area contributed by atoms with Crippen molar-refractivity contribution in [3.63, 3.8) is 0 Å². The van der Waals surface area contributed by atoms with E-state index < -0.39 is 29.9 Å². The minimum absolute atomic E-state index is 0.00952. The van der Waals surface area contributed by atoms with Gasteiger partial charge in [0.25, 0.3) is 0 Å². The van der Waals surface area contributed by atoms with E-state index in [1.807, 2.05) is 0 Å². The van der Waals surface area contributed by atoms with Crippen molar-refractivity contribution in [3.05, 3.63) is 28.8 Å². The molecule has 5 nitrogen and oxygen atoms in total. The lowest BCUT2D eigenvalue weighted by molar-refractivity contribution is 0.0416. The highest BCUT2D eigenvalue weighted by atomic mass is 35.7. The van der Waals surface area contributed by atoms with Crippen molar-refractivity contribution in [2.24, 2.45) is 0 Å². The van der Waals surface area contributed by atoms with Gasteiger partial charge < -0.3 is 4.74 Å². The molecule has 19 heavy (non-hydrogen) atoms. The molecule has 1 saturated heterocycles. The minimum atomic E-state index is -3.71. The van der Waals surface area contributed by atoms with Crippen LogP contribution in [0.25, 0.3) is 0 Å². The first kappa shape index (κ1) is 15.1. The molecule has 1 aliphatic heterocycles. The Morgan fingerprint density at radius 1 is 1.21 bits per heavy atom. The minimum Gasteiger partial charge on any atom is -0.379 e. The normalized spacial score (nSPS) is 17.2. The average molecular weight is 345 g/mol. The molecule has 1 heterocycles. The van der Waals surface area contributed by atoms with Gasteiger partial charge in [0.2, 0.25) is 9.05 Å². The fourth-order valence-corrected chi connectivity index (χ4v) is 4.62. The van der Waals surface area contributed by atoms with Crippen molar-refractivity contribution < 1.29 is 21.6 Å². The molecule has 106 valence electrons. The van der Waals surface area contributed by atoms with Crippen molar-refractivity contribution in [1.29, 1.82) is 0 Å². The van der Waals surface area contributed by atoms with E-state index in [0.717, 1.165) is 0 Å². The summed E-state index contributed by atoms with van der Waals surface area (Å²) in [6.07, 6.45) is 0. The SMILES string of the molecule is O=S(=O)(Cl)Cc1ccc(S(=O)(=O)C2COC2)c(Cl)c1. The van der Waals surface area contributed by atoms with Crippen LogP contribution in [0.2, 0.25) is 5.02 Å². The monoisotopic (exact) mass is 344 g/mol. The van der Waals surface area contributed by atoms with Crippen molar-refractivity contribution in [3.8, 4) is 0 Å². The Bertz CT molecular complexity index is 693. The summed E-state index contributed by atoms with van der Waals surface area (Å²) < 4.78 is 51.0. The smallest absolute Gasteiger partial charge is 0.236 e. The van der Waals surface area contributed by atoms with Gasteiger partial charge in [-0.1, -0.05) is 17.7 Å². The molecule has 0 atom stereocenters. The summed E-state index contributed by atoms with van der Waals surface area (Å²) in [5.41, 5.74) is 0.337. The fraction of sp³-hybridized carbons (Fsp3) is 0.400. The zero-order chi connectivity index (χ0) is 14.3. The lowest BCUT2D eigenvalue weighted by Gasteiger charge is -2.26. The maximum Gasteiger partial charge on any atom is 0.236 e. The molecule has 1 fully saturated rings. The van der Waals surface area contributed by atoms with Crippen LogP contribution in [0, 0.1) is 0 Å². The molecule has 0 saturated carbocycles. The van der Waals surface area contributed by atoms with Gasteiger partial charge in [-0.05, 0) is 17.7 Å². The molecule has 0 bridgehead atoms. The predicted molar refractivity (Wildman–Crippen MR) is 71.7 cm³/mol. The Hall–Kier alpha value is -0.340. The summed E-state index contributed by atoms with van der Waals surface area (Å²) in [6, 6.07) is 3.99. The van der Waals surface area contributed by atoms with Gasteiger partial charge >= 0.3 is 0 Å². The molecule has 1 aliphatic rings. The highest BCUT2D eigenvalue weighted by molar-refractivity contribution is 8.13. The zero-order valence-corrected chi connectivity index (χ0v) is 12.7. The molecule has 9 heteroatoms.